The second-order valence-electron chi connectivity index (χ2n) is 6.51. The summed E-state index contributed by atoms with van der Waals surface area (Å²) in [4.78, 5) is 48.8. The van der Waals surface area contributed by atoms with Crippen LogP contribution in [-0.2, 0) is 25.7 Å². The number of nitrogens with one attached hydrogen (secondary N) is 3. The lowest BCUT2D eigenvalue weighted by atomic mass is 10.3. The van der Waals surface area contributed by atoms with Gasteiger partial charge in [-0.15, -0.1) is 0 Å². The third kappa shape index (κ3) is 5.77. The van der Waals surface area contributed by atoms with Gasteiger partial charge in [-0.2, -0.15) is 5.10 Å². The van der Waals surface area contributed by atoms with E-state index in [1.807, 2.05) is 0 Å². The first-order chi connectivity index (χ1) is 14.5. The van der Waals surface area contributed by atoms with Crippen molar-refractivity contribution in [2.45, 2.75) is 19.4 Å². The largest absolute Gasteiger partial charge is 0.458 e. The minimum Gasteiger partial charge on any atom is -0.458 e. The molecule has 1 aliphatic heterocycles. The first-order valence-electron chi connectivity index (χ1n) is 9.38. The molecule has 0 atom stereocenters. The van der Waals surface area contributed by atoms with Crippen LogP contribution < -0.4 is 16.1 Å². The average molecular weight is 411 g/mol. The zero-order valence-electron chi connectivity index (χ0n) is 16.1. The molecule has 0 bridgehead atoms. The van der Waals surface area contributed by atoms with Gasteiger partial charge in [0.2, 0.25) is 0 Å². The van der Waals surface area contributed by atoms with Gasteiger partial charge >= 0.3 is 23.6 Å². The molecule has 0 aliphatic carbocycles. The van der Waals surface area contributed by atoms with Gasteiger partial charge in [-0.05, 0) is 37.1 Å². The number of nitrogens with zero attached hydrogens (tertiary/aromatic N) is 2. The third-order valence-electron chi connectivity index (χ3n) is 4.29. The van der Waals surface area contributed by atoms with Crippen molar-refractivity contribution in [3.05, 3.63) is 54.0 Å². The number of carbonyl (C=O) groups is 4. The summed E-state index contributed by atoms with van der Waals surface area (Å²) < 4.78 is 5.43. The number of hydrazone groups is 1. The Morgan fingerprint density at radius 2 is 1.70 bits per heavy atom. The molecule has 0 spiro atoms. The van der Waals surface area contributed by atoms with E-state index in [1.54, 1.807) is 42.5 Å². The van der Waals surface area contributed by atoms with Crippen molar-refractivity contribution in [2.75, 3.05) is 18.4 Å². The van der Waals surface area contributed by atoms with Crippen LogP contribution in [0.3, 0.4) is 0 Å². The monoisotopic (exact) mass is 411 g/mol. The van der Waals surface area contributed by atoms with Gasteiger partial charge in [0.15, 0.2) is 0 Å². The lowest BCUT2D eigenvalue weighted by molar-refractivity contribution is -0.145. The van der Waals surface area contributed by atoms with E-state index in [-0.39, 0.29) is 6.54 Å². The minimum absolute atomic E-state index is 0.00527. The number of likely N-dealkylation sites (tertiary alicyclic amines) is 1. The maximum Gasteiger partial charge on any atom is 0.329 e. The standard InChI is InChI=1S/C20H21N5O5/c26-17(18(27)23-14-6-2-1-3-7-14)21-12-15-8-9-16(30-15)13-22-24-19(28)20(29)25-10-4-5-11-25/h1-3,6-9,13H,4-5,10-12H2,(H,21,26)(H,23,27)(H,24,28)/b22-13+. The second kappa shape index (κ2) is 10.0. The van der Waals surface area contributed by atoms with Crippen LogP contribution in [0.1, 0.15) is 24.4 Å². The van der Waals surface area contributed by atoms with Crippen molar-refractivity contribution in [3.8, 4) is 0 Å². The van der Waals surface area contributed by atoms with Gasteiger partial charge < -0.3 is 20.0 Å². The van der Waals surface area contributed by atoms with Gasteiger partial charge in [-0.1, -0.05) is 18.2 Å². The molecule has 2 heterocycles. The first kappa shape index (κ1) is 20.8. The van der Waals surface area contributed by atoms with Crippen LogP contribution in [0.25, 0.3) is 0 Å². The van der Waals surface area contributed by atoms with Gasteiger partial charge in [-0.25, -0.2) is 5.43 Å². The predicted octanol–water partition coefficient (Wildman–Crippen LogP) is 0.607. The first-order valence-corrected chi connectivity index (χ1v) is 9.38. The Morgan fingerprint density at radius 1 is 0.967 bits per heavy atom. The van der Waals surface area contributed by atoms with Gasteiger partial charge in [-0.3, -0.25) is 19.2 Å². The van der Waals surface area contributed by atoms with E-state index in [2.05, 4.69) is 21.2 Å². The van der Waals surface area contributed by atoms with Crippen LogP contribution in [0.5, 0.6) is 0 Å². The summed E-state index contributed by atoms with van der Waals surface area (Å²) in [7, 11) is 0. The maximum atomic E-state index is 11.9. The van der Waals surface area contributed by atoms with Crippen molar-refractivity contribution in [2.24, 2.45) is 5.10 Å². The number of rotatable bonds is 5. The van der Waals surface area contributed by atoms with Crippen molar-refractivity contribution < 1.29 is 23.6 Å². The quantitative estimate of drug-likeness (QED) is 0.377. The minimum atomic E-state index is -0.809. The van der Waals surface area contributed by atoms with E-state index in [0.29, 0.717) is 30.3 Å². The molecule has 1 fully saturated rings. The highest BCUT2D eigenvalue weighted by molar-refractivity contribution is 6.39. The molecule has 4 amide bonds. The van der Waals surface area contributed by atoms with Gasteiger partial charge in [0, 0.05) is 18.8 Å². The number of para-hydroxylation sites is 1. The third-order valence-corrected chi connectivity index (χ3v) is 4.29. The van der Waals surface area contributed by atoms with Crippen molar-refractivity contribution in [3.63, 3.8) is 0 Å². The van der Waals surface area contributed by atoms with E-state index in [9.17, 15) is 19.2 Å². The molecule has 3 rings (SSSR count). The predicted molar refractivity (Wildman–Crippen MR) is 107 cm³/mol. The van der Waals surface area contributed by atoms with E-state index < -0.39 is 23.6 Å². The molecule has 1 aromatic heterocycles. The number of amides is 4. The molecule has 10 nitrogen and oxygen atoms in total. The fraction of sp³-hybridized carbons (Fsp3) is 0.250. The fourth-order valence-electron chi connectivity index (χ4n) is 2.78. The van der Waals surface area contributed by atoms with Crippen LogP contribution in [0.15, 0.2) is 52.0 Å². The fourth-order valence-corrected chi connectivity index (χ4v) is 2.78. The molecular formula is C20H21N5O5. The van der Waals surface area contributed by atoms with E-state index >= 15 is 0 Å². The highest BCUT2D eigenvalue weighted by Gasteiger charge is 2.24. The highest BCUT2D eigenvalue weighted by Crippen LogP contribution is 2.08. The van der Waals surface area contributed by atoms with E-state index in [1.165, 1.54) is 11.1 Å². The lowest BCUT2D eigenvalue weighted by Crippen LogP contribution is -2.39. The molecule has 10 heteroatoms. The highest BCUT2D eigenvalue weighted by atomic mass is 16.3. The summed E-state index contributed by atoms with van der Waals surface area (Å²) in [5, 5.41) is 8.62. The number of benzene rings is 1. The molecule has 30 heavy (non-hydrogen) atoms. The summed E-state index contributed by atoms with van der Waals surface area (Å²) in [6.07, 6.45) is 3.02. The zero-order valence-corrected chi connectivity index (χ0v) is 16.1. The molecule has 1 aromatic carbocycles. The zero-order chi connectivity index (χ0) is 21.3. The Morgan fingerprint density at radius 3 is 2.43 bits per heavy atom. The summed E-state index contributed by atoms with van der Waals surface area (Å²) >= 11 is 0. The Labute approximate surface area is 172 Å². The number of hydrogen-bond acceptors (Lipinski definition) is 6. The topological polar surface area (TPSA) is 133 Å². The van der Waals surface area contributed by atoms with Crippen LogP contribution in [0, 0.1) is 0 Å². The Hall–Kier alpha value is -3.95. The number of furan rings is 1. The van der Waals surface area contributed by atoms with E-state index in [0.717, 1.165) is 12.8 Å². The number of hydrogen-bond donors (Lipinski definition) is 3. The Bertz CT molecular complexity index is 948. The lowest BCUT2D eigenvalue weighted by Gasteiger charge is -2.12. The SMILES string of the molecule is O=C(NCc1ccc(/C=N/NC(=O)C(=O)N2CCCC2)o1)C(=O)Nc1ccccc1. The van der Waals surface area contributed by atoms with Gasteiger partial charge in [0.25, 0.3) is 0 Å². The molecule has 2 aromatic rings. The summed E-state index contributed by atoms with van der Waals surface area (Å²) in [6.45, 7) is 1.15. The van der Waals surface area contributed by atoms with Gasteiger partial charge in [0.05, 0.1) is 12.8 Å². The number of anilines is 1. The average Bonchev–Trinajstić information content (AvgIpc) is 3.44. The van der Waals surface area contributed by atoms with Crippen molar-refractivity contribution in [1.29, 1.82) is 0 Å². The summed E-state index contributed by atoms with van der Waals surface area (Å²) in [5.74, 6) is -2.32. The molecule has 0 radical (unpaired) electrons. The second-order valence-corrected chi connectivity index (χ2v) is 6.51. The maximum absolute atomic E-state index is 11.9. The molecule has 0 saturated carbocycles. The van der Waals surface area contributed by atoms with E-state index in [4.69, 9.17) is 4.42 Å². The molecule has 1 saturated heterocycles. The van der Waals surface area contributed by atoms with Crippen LogP contribution in [0.4, 0.5) is 5.69 Å². The van der Waals surface area contributed by atoms with Crippen LogP contribution in [-0.4, -0.2) is 47.8 Å². The summed E-state index contributed by atoms with van der Waals surface area (Å²) in [6, 6.07) is 11.8. The number of carbonyl (C=O) groups excluding carboxylic acids is 4. The summed E-state index contributed by atoms with van der Waals surface area (Å²) in [5.41, 5.74) is 2.68. The normalized spacial score (nSPS) is 13.3. The Kier molecular flexibility index (Phi) is 6.93. The van der Waals surface area contributed by atoms with Crippen LogP contribution in [0.2, 0.25) is 0 Å². The molecule has 1 aliphatic rings. The van der Waals surface area contributed by atoms with Gasteiger partial charge in [0.1, 0.15) is 11.5 Å². The molecule has 156 valence electrons. The molecular weight excluding hydrogens is 390 g/mol. The smallest absolute Gasteiger partial charge is 0.329 e. The Balaban J connectivity index is 1.42. The van der Waals surface area contributed by atoms with Crippen LogP contribution >= 0.6 is 0 Å². The molecule has 3 N–H and O–H groups in total. The van der Waals surface area contributed by atoms with Crippen molar-refractivity contribution in [1.82, 2.24) is 15.6 Å². The van der Waals surface area contributed by atoms with Crippen molar-refractivity contribution >= 4 is 35.5 Å². The molecule has 0 unspecified atom stereocenters.